The number of hydrogen-bond acceptors (Lipinski definition) is 5. The number of ether oxygens (including phenoxy) is 1. The Kier molecular flexibility index (Phi) is 6.14. The van der Waals surface area contributed by atoms with E-state index in [1.165, 1.54) is 4.90 Å². The summed E-state index contributed by atoms with van der Waals surface area (Å²) in [6.45, 7) is 11.3. The molecular formula is C15H22N2O4. The maximum absolute atomic E-state index is 12.7. The number of amides is 1. The van der Waals surface area contributed by atoms with Gasteiger partial charge >= 0.3 is 5.97 Å². The van der Waals surface area contributed by atoms with Gasteiger partial charge in [-0.1, -0.05) is 25.1 Å². The molecule has 0 unspecified atom stereocenters. The largest absolute Gasteiger partial charge is 0.465 e. The van der Waals surface area contributed by atoms with Crippen LogP contribution in [0.1, 0.15) is 48.5 Å². The van der Waals surface area contributed by atoms with Gasteiger partial charge in [-0.05, 0) is 13.8 Å². The standard InChI is InChI=1S/C15H22N2O4/c1-6-8-17(9-12(18)20-7-2)15(19)13-11(5)16-21-14(13)10(3)4/h6,10H,1,7-9H2,2-5H3. The second-order valence-electron chi connectivity index (χ2n) is 4.94. The van der Waals surface area contributed by atoms with Crippen molar-refractivity contribution < 1.29 is 18.8 Å². The number of aromatic nitrogens is 1. The monoisotopic (exact) mass is 294 g/mol. The lowest BCUT2D eigenvalue weighted by Gasteiger charge is -2.20. The summed E-state index contributed by atoms with van der Waals surface area (Å²) < 4.78 is 10.1. The molecule has 116 valence electrons. The fourth-order valence-corrected chi connectivity index (χ4v) is 1.94. The Morgan fingerprint density at radius 3 is 2.67 bits per heavy atom. The van der Waals surface area contributed by atoms with Crippen molar-refractivity contribution in [3.05, 3.63) is 29.7 Å². The van der Waals surface area contributed by atoms with Crippen LogP contribution in [0.5, 0.6) is 0 Å². The van der Waals surface area contributed by atoms with Crippen LogP contribution < -0.4 is 0 Å². The molecule has 1 aromatic rings. The highest BCUT2D eigenvalue weighted by Crippen LogP contribution is 2.23. The van der Waals surface area contributed by atoms with Crippen LogP contribution in [-0.2, 0) is 9.53 Å². The van der Waals surface area contributed by atoms with E-state index in [4.69, 9.17) is 9.26 Å². The summed E-state index contributed by atoms with van der Waals surface area (Å²) in [5.41, 5.74) is 0.928. The van der Waals surface area contributed by atoms with Gasteiger partial charge in [0.05, 0.1) is 12.3 Å². The van der Waals surface area contributed by atoms with E-state index in [2.05, 4.69) is 11.7 Å². The molecule has 0 N–H and O–H groups in total. The van der Waals surface area contributed by atoms with Gasteiger partial charge in [0.25, 0.3) is 5.91 Å². The summed E-state index contributed by atoms with van der Waals surface area (Å²) in [5.74, 6) is -0.202. The summed E-state index contributed by atoms with van der Waals surface area (Å²) in [4.78, 5) is 25.6. The summed E-state index contributed by atoms with van der Waals surface area (Å²) in [6, 6.07) is 0. The molecular weight excluding hydrogens is 272 g/mol. The summed E-state index contributed by atoms with van der Waals surface area (Å²) in [6.07, 6.45) is 1.56. The predicted molar refractivity (Wildman–Crippen MR) is 78.1 cm³/mol. The number of rotatable bonds is 7. The minimum Gasteiger partial charge on any atom is -0.465 e. The Hall–Kier alpha value is -2.11. The van der Waals surface area contributed by atoms with Gasteiger partial charge in [0.15, 0.2) is 5.76 Å². The molecule has 0 saturated heterocycles. The van der Waals surface area contributed by atoms with E-state index in [1.807, 2.05) is 13.8 Å². The third kappa shape index (κ3) is 4.18. The quantitative estimate of drug-likeness (QED) is 0.570. The third-order valence-electron chi connectivity index (χ3n) is 2.89. The van der Waals surface area contributed by atoms with Crippen molar-refractivity contribution in [2.24, 2.45) is 0 Å². The number of hydrogen-bond donors (Lipinski definition) is 0. The molecule has 0 aromatic carbocycles. The Morgan fingerprint density at radius 1 is 1.48 bits per heavy atom. The van der Waals surface area contributed by atoms with Gasteiger partial charge in [0.2, 0.25) is 0 Å². The van der Waals surface area contributed by atoms with Crippen molar-refractivity contribution >= 4 is 11.9 Å². The molecule has 1 rings (SSSR count). The lowest BCUT2D eigenvalue weighted by atomic mass is 10.0. The fourth-order valence-electron chi connectivity index (χ4n) is 1.94. The van der Waals surface area contributed by atoms with Crippen LogP contribution in [0.2, 0.25) is 0 Å². The average Bonchev–Trinajstić information content (AvgIpc) is 2.79. The zero-order valence-corrected chi connectivity index (χ0v) is 13.0. The van der Waals surface area contributed by atoms with Gasteiger partial charge in [-0.25, -0.2) is 0 Å². The highest BCUT2D eigenvalue weighted by molar-refractivity contribution is 5.98. The Balaban J connectivity index is 3.03. The van der Waals surface area contributed by atoms with E-state index < -0.39 is 5.97 Å². The first-order valence-corrected chi connectivity index (χ1v) is 6.94. The molecule has 0 fully saturated rings. The zero-order chi connectivity index (χ0) is 16.0. The predicted octanol–water partition coefficient (Wildman–Crippen LogP) is 2.30. The van der Waals surface area contributed by atoms with Gasteiger partial charge in [0, 0.05) is 12.5 Å². The molecule has 0 radical (unpaired) electrons. The van der Waals surface area contributed by atoms with Crippen molar-refractivity contribution in [1.29, 1.82) is 0 Å². The van der Waals surface area contributed by atoms with Gasteiger partial charge in [0.1, 0.15) is 12.1 Å². The fraction of sp³-hybridized carbons (Fsp3) is 0.533. The number of carbonyl (C=O) groups is 2. The smallest absolute Gasteiger partial charge is 0.325 e. The zero-order valence-electron chi connectivity index (χ0n) is 13.0. The number of nitrogens with zero attached hydrogens (tertiary/aromatic N) is 2. The maximum atomic E-state index is 12.7. The van der Waals surface area contributed by atoms with Crippen LogP contribution in [0.4, 0.5) is 0 Å². The van der Waals surface area contributed by atoms with Gasteiger partial charge in [-0.15, -0.1) is 6.58 Å². The van der Waals surface area contributed by atoms with Crippen LogP contribution >= 0.6 is 0 Å². The summed E-state index contributed by atoms with van der Waals surface area (Å²) in [5, 5.41) is 3.85. The molecule has 0 aliphatic rings. The topological polar surface area (TPSA) is 72.6 Å². The minimum absolute atomic E-state index is 0.0262. The second kappa shape index (κ2) is 7.61. The van der Waals surface area contributed by atoms with E-state index in [9.17, 15) is 9.59 Å². The van der Waals surface area contributed by atoms with Crippen LogP contribution in [0, 0.1) is 6.92 Å². The van der Waals surface area contributed by atoms with Crippen molar-refractivity contribution in [1.82, 2.24) is 10.1 Å². The Bertz CT molecular complexity index is 520. The maximum Gasteiger partial charge on any atom is 0.325 e. The molecule has 6 nitrogen and oxygen atoms in total. The third-order valence-corrected chi connectivity index (χ3v) is 2.89. The van der Waals surface area contributed by atoms with E-state index in [1.54, 1.807) is 19.9 Å². The molecule has 0 atom stereocenters. The lowest BCUT2D eigenvalue weighted by Crippen LogP contribution is -2.37. The second-order valence-corrected chi connectivity index (χ2v) is 4.94. The molecule has 21 heavy (non-hydrogen) atoms. The van der Waals surface area contributed by atoms with Crippen LogP contribution in [0.15, 0.2) is 17.2 Å². The van der Waals surface area contributed by atoms with E-state index in [0.29, 0.717) is 17.0 Å². The molecule has 1 amide bonds. The lowest BCUT2D eigenvalue weighted by molar-refractivity contribution is -0.143. The number of aryl methyl sites for hydroxylation is 1. The van der Waals surface area contributed by atoms with Crippen molar-refractivity contribution in [3.63, 3.8) is 0 Å². The Morgan fingerprint density at radius 2 is 2.14 bits per heavy atom. The minimum atomic E-state index is -0.451. The molecule has 6 heteroatoms. The first-order valence-electron chi connectivity index (χ1n) is 6.94. The van der Waals surface area contributed by atoms with E-state index in [-0.39, 0.29) is 31.5 Å². The SMILES string of the molecule is C=CCN(CC(=O)OCC)C(=O)c1c(C)noc1C(C)C. The normalized spacial score (nSPS) is 10.5. The van der Waals surface area contributed by atoms with Crippen LogP contribution in [0.25, 0.3) is 0 Å². The molecule has 0 spiro atoms. The highest BCUT2D eigenvalue weighted by atomic mass is 16.5. The Labute approximate surface area is 124 Å². The molecule has 0 saturated carbocycles. The summed E-state index contributed by atoms with van der Waals surface area (Å²) >= 11 is 0. The van der Waals surface area contributed by atoms with Crippen LogP contribution in [-0.4, -0.2) is 41.6 Å². The number of esters is 1. The molecule has 0 aliphatic heterocycles. The molecule has 1 heterocycles. The summed E-state index contributed by atoms with van der Waals surface area (Å²) in [7, 11) is 0. The number of carbonyl (C=O) groups excluding carboxylic acids is 2. The highest BCUT2D eigenvalue weighted by Gasteiger charge is 2.27. The van der Waals surface area contributed by atoms with E-state index >= 15 is 0 Å². The van der Waals surface area contributed by atoms with Crippen molar-refractivity contribution in [2.45, 2.75) is 33.6 Å². The first-order chi connectivity index (χ1) is 9.92. The van der Waals surface area contributed by atoms with E-state index in [0.717, 1.165) is 0 Å². The van der Waals surface area contributed by atoms with Crippen molar-refractivity contribution in [2.75, 3.05) is 19.7 Å². The van der Waals surface area contributed by atoms with Crippen LogP contribution in [0.3, 0.4) is 0 Å². The van der Waals surface area contributed by atoms with Crippen molar-refractivity contribution in [3.8, 4) is 0 Å². The average molecular weight is 294 g/mol. The molecule has 0 aliphatic carbocycles. The van der Waals surface area contributed by atoms with Gasteiger partial charge in [-0.2, -0.15) is 0 Å². The molecule has 0 bridgehead atoms. The van der Waals surface area contributed by atoms with Gasteiger partial charge < -0.3 is 14.2 Å². The van der Waals surface area contributed by atoms with Gasteiger partial charge in [-0.3, -0.25) is 9.59 Å². The molecule has 1 aromatic heterocycles. The first kappa shape index (κ1) is 16.9.